The van der Waals surface area contributed by atoms with Crippen LogP contribution in [0, 0.1) is 13.8 Å². The van der Waals surface area contributed by atoms with E-state index in [1.807, 2.05) is 49.4 Å². The van der Waals surface area contributed by atoms with Gasteiger partial charge < -0.3 is 20.5 Å². The maximum Gasteiger partial charge on any atom is 0.279 e. The molecule has 0 radical (unpaired) electrons. The van der Waals surface area contributed by atoms with Crippen molar-refractivity contribution in [3.05, 3.63) is 93.4 Å². The van der Waals surface area contributed by atoms with Crippen molar-refractivity contribution >= 4 is 11.6 Å². The number of carbonyl (C=O) groups excluding carboxylic acids is 1. The smallest absolute Gasteiger partial charge is 0.279 e. The summed E-state index contributed by atoms with van der Waals surface area (Å²) >= 11 is 0. The fraction of sp³-hybridized carbons (Fsp3) is 0.333. The van der Waals surface area contributed by atoms with Crippen LogP contribution >= 0.6 is 0 Å². The first-order valence-electron chi connectivity index (χ1n) is 14.3. The number of carbonyl (C=O) groups is 1. The third kappa shape index (κ3) is 5.98. The molecule has 0 aliphatic heterocycles. The molecule has 0 spiro atoms. The van der Waals surface area contributed by atoms with Gasteiger partial charge in [-0.25, -0.2) is 9.67 Å². The molecule has 1 saturated carbocycles. The van der Waals surface area contributed by atoms with E-state index < -0.39 is 11.5 Å². The summed E-state index contributed by atoms with van der Waals surface area (Å²) in [5, 5.41) is 20.6. The van der Waals surface area contributed by atoms with Gasteiger partial charge >= 0.3 is 0 Å². The normalized spacial score (nSPS) is 16.7. The van der Waals surface area contributed by atoms with Crippen LogP contribution in [-0.4, -0.2) is 45.0 Å². The minimum atomic E-state index is -0.479. The minimum absolute atomic E-state index is 0.0315. The first-order chi connectivity index (χ1) is 20.3. The average Bonchev–Trinajstić information content (AvgIpc) is 2.99. The molecule has 2 unspecified atom stereocenters. The van der Waals surface area contributed by atoms with E-state index in [0.29, 0.717) is 18.1 Å². The molecule has 42 heavy (non-hydrogen) atoms. The average molecular weight is 568 g/mol. The Bertz CT molecular complexity index is 1670. The predicted molar refractivity (Wildman–Crippen MR) is 164 cm³/mol. The number of amides is 1. The Balaban J connectivity index is 1.41. The van der Waals surface area contributed by atoms with Crippen LogP contribution in [0.3, 0.4) is 0 Å². The number of aliphatic hydroxyl groups excluding tert-OH is 1. The van der Waals surface area contributed by atoms with E-state index in [0.717, 1.165) is 69.4 Å². The highest BCUT2D eigenvalue weighted by Gasteiger charge is 2.23. The second-order valence-corrected chi connectivity index (χ2v) is 10.8. The summed E-state index contributed by atoms with van der Waals surface area (Å²) in [7, 11) is 3.14. The molecule has 218 valence electrons. The van der Waals surface area contributed by atoms with Gasteiger partial charge in [0, 0.05) is 42.6 Å². The van der Waals surface area contributed by atoms with Crippen molar-refractivity contribution < 1.29 is 14.6 Å². The zero-order chi connectivity index (χ0) is 29.8. The number of pyridine rings is 1. The molecule has 0 saturated heterocycles. The summed E-state index contributed by atoms with van der Waals surface area (Å²) in [5.41, 5.74) is 6.81. The molecule has 2 heterocycles. The third-order valence-corrected chi connectivity index (χ3v) is 8.15. The number of aryl methyl sites for hydroxylation is 1. The number of nitrogens with zero attached hydrogens (tertiary/aromatic N) is 3. The van der Waals surface area contributed by atoms with Crippen LogP contribution in [-0.2, 0) is 13.6 Å². The highest BCUT2D eigenvalue weighted by atomic mass is 16.5. The maximum absolute atomic E-state index is 12.9. The fourth-order valence-electron chi connectivity index (χ4n) is 5.66. The molecule has 1 amide bonds. The highest BCUT2D eigenvalue weighted by Crippen LogP contribution is 2.36. The number of methoxy groups -OCH3 is 1. The number of aromatic nitrogens is 3. The van der Waals surface area contributed by atoms with Gasteiger partial charge in [0.15, 0.2) is 0 Å². The Morgan fingerprint density at radius 3 is 2.48 bits per heavy atom. The second-order valence-electron chi connectivity index (χ2n) is 10.8. The van der Waals surface area contributed by atoms with Crippen LogP contribution in [0.1, 0.15) is 52.7 Å². The Kier molecular flexibility index (Phi) is 8.80. The zero-order valence-electron chi connectivity index (χ0n) is 24.5. The van der Waals surface area contributed by atoms with Gasteiger partial charge in [-0.05, 0) is 67.1 Å². The first-order valence-corrected chi connectivity index (χ1v) is 14.3. The highest BCUT2D eigenvalue weighted by molar-refractivity contribution is 6.04. The summed E-state index contributed by atoms with van der Waals surface area (Å²) < 4.78 is 6.81. The lowest BCUT2D eigenvalue weighted by atomic mass is 9.91. The molecular weight excluding hydrogens is 530 g/mol. The van der Waals surface area contributed by atoms with Gasteiger partial charge in [-0.3, -0.25) is 9.59 Å². The minimum Gasteiger partial charge on any atom is -0.481 e. The largest absolute Gasteiger partial charge is 0.481 e. The van der Waals surface area contributed by atoms with Crippen LogP contribution in [0.15, 0.2) is 65.6 Å². The molecule has 2 aromatic carbocycles. The van der Waals surface area contributed by atoms with Gasteiger partial charge in [0.25, 0.3) is 11.5 Å². The Labute approximate surface area is 245 Å². The van der Waals surface area contributed by atoms with Crippen LogP contribution in [0.2, 0.25) is 0 Å². The van der Waals surface area contributed by atoms with Gasteiger partial charge in [0.2, 0.25) is 5.88 Å². The molecule has 0 bridgehead atoms. The number of benzene rings is 2. The molecular formula is C33H37N5O4. The van der Waals surface area contributed by atoms with Crippen molar-refractivity contribution in [1.29, 1.82) is 0 Å². The van der Waals surface area contributed by atoms with Gasteiger partial charge in [-0.2, -0.15) is 5.10 Å². The number of hydrogen-bond acceptors (Lipinski definition) is 7. The van der Waals surface area contributed by atoms with E-state index in [1.165, 1.54) is 19.3 Å². The van der Waals surface area contributed by atoms with Crippen LogP contribution in [0.4, 0.5) is 5.69 Å². The molecule has 5 rings (SSSR count). The third-order valence-electron chi connectivity index (χ3n) is 8.15. The van der Waals surface area contributed by atoms with Crippen molar-refractivity contribution in [3.63, 3.8) is 0 Å². The van der Waals surface area contributed by atoms with Gasteiger partial charge in [0.1, 0.15) is 5.56 Å². The van der Waals surface area contributed by atoms with Crippen LogP contribution in [0.25, 0.3) is 22.4 Å². The van der Waals surface area contributed by atoms with Crippen molar-refractivity contribution in [2.24, 2.45) is 7.05 Å². The molecule has 1 fully saturated rings. The Hall–Kier alpha value is -4.34. The van der Waals surface area contributed by atoms with Gasteiger partial charge in [-0.15, -0.1) is 0 Å². The van der Waals surface area contributed by atoms with E-state index in [-0.39, 0.29) is 17.7 Å². The van der Waals surface area contributed by atoms with Crippen LogP contribution < -0.4 is 20.9 Å². The zero-order valence-corrected chi connectivity index (χ0v) is 24.5. The molecule has 9 nitrogen and oxygen atoms in total. The van der Waals surface area contributed by atoms with E-state index in [1.54, 1.807) is 7.11 Å². The SMILES string of the molecule is COc1nc(-c2cccc(-c3cccc(NC(=O)c4ccnn(C)c4=O)c3C)c2C)ccc1CNC1CCCCC1O. The molecule has 2 aromatic heterocycles. The van der Waals surface area contributed by atoms with Crippen molar-refractivity contribution in [2.75, 3.05) is 12.4 Å². The number of hydrogen-bond donors (Lipinski definition) is 3. The molecule has 1 aliphatic rings. The summed E-state index contributed by atoms with van der Waals surface area (Å²) in [6.07, 6.45) is 5.11. The Morgan fingerprint density at radius 2 is 1.71 bits per heavy atom. The maximum atomic E-state index is 12.9. The Morgan fingerprint density at radius 1 is 1.00 bits per heavy atom. The van der Waals surface area contributed by atoms with Crippen molar-refractivity contribution in [1.82, 2.24) is 20.1 Å². The topological polar surface area (TPSA) is 118 Å². The number of anilines is 1. The molecule has 4 aromatic rings. The molecule has 1 aliphatic carbocycles. The standard InChI is InChI=1S/C33H37N5O4/c1-20-23(24-10-8-13-27(21(24)2)36-31(40)26-17-18-35-38(3)33(26)41)9-7-11-25(20)28-16-15-22(32(37-28)42-4)19-34-29-12-5-6-14-30(29)39/h7-11,13,15-18,29-30,34,39H,5-6,12,14,19H2,1-4H3,(H,36,40). The molecule has 2 atom stereocenters. The lowest BCUT2D eigenvalue weighted by molar-refractivity contribution is 0.0901. The second kappa shape index (κ2) is 12.7. The lowest BCUT2D eigenvalue weighted by Crippen LogP contribution is -2.41. The quantitative estimate of drug-likeness (QED) is 0.280. The summed E-state index contributed by atoms with van der Waals surface area (Å²) in [4.78, 5) is 30.2. The fourth-order valence-corrected chi connectivity index (χ4v) is 5.66. The molecule has 3 N–H and O–H groups in total. The number of aliphatic hydroxyl groups is 1. The van der Waals surface area contributed by atoms with Crippen molar-refractivity contribution in [3.8, 4) is 28.3 Å². The monoisotopic (exact) mass is 567 g/mol. The summed E-state index contributed by atoms with van der Waals surface area (Å²) in [6.45, 7) is 4.58. The molecule has 9 heteroatoms. The number of rotatable bonds is 8. The number of ether oxygens (including phenoxy) is 1. The van der Waals surface area contributed by atoms with E-state index in [9.17, 15) is 14.7 Å². The summed E-state index contributed by atoms with van der Waals surface area (Å²) in [6, 6.07) is 17.4. The predicted octanol–water partition coefficient (Wildman–Crippen LogP) is 4.78. The van der Waals surface area contributed by atoms with Crippen molar-refractivity contribution in [2.45, 2.75) is 58.2 Å². The van der Waals surface area contributed by atoms with Gasteiger partial charge in [0.05, 0.1) is 18.9 Å². The van der Waals surface area contributed by atoms with Crippen LogP contribution in [0.5, 0.6) is 5.88 Å². The van der Waals surface area contributed by atoms with E-state index >= 15 is 0 Å². The first kappa shape index (κ1) is 29.2. The summed E-state index contributed by atoms with van der Waals surface area (Å²) in [5.74, 6) is 0.0749. The van der Waals surface area contributed by atoms with E-state index in [4.69, 9.17) is 9.72 Å². The number of nitrogens with one attached hydrogen (secondary N) is 2. The lowest BCUT2D eigenvalue weighted by Gasteiger charge is -2.28. The van der Waals surface area contributed by atoms with E-state index in [2.05, 4.69) is 28.7 Å². The van der Waals surface area contributed by atoms with Gasteiger partial charge in [-0.1, -0.05) is 49.2 Å².